The molecule has 0 saturated carbocycles. The largest absolute Gasteiger partial charge is 0.313 e. The average Bonchev–Trinajstić information content (AvgIpc) is 2.62. The Kier molecular flexibility index (Phi) is 4.62. The predicted molar refractivity (Wildman–Crippen MR) is 91.6 cm³/mol. The number of nitrogens with zero attached hydrogens (tertiary/aromatic N) is 1. The van der Waals surface area contributed by atoms with Crippen LogP contribution in [0.15, 0.2) is 79.1 Å². The smallest absolute Gasteiger partial charge is 0.0358 e. The number of likely N-dealkylation sites (N-methyl/N-ethyl adjacent to an activating group) is 1. The van der Waals surface area contributed by atoms with E-state index >= 15 is 0 Å². The Morgan fingerprint density at radius 3 is 2.27 bits per heavy atom. The number of rotatable bonds is 5. The van der Waals surface area contributed by atoms with Gasteiger partial charge in [-0.1, -0.05) is 60.7 Å². The molecule has 0 saturated heterocycles. The van der Waals surface area contributed by atoms with Crippen molar-refractivity contribution in [1.29, 1.82) is 0 Å². The van der Waals surface area contributed by atoms with Gasteiger partial charge in [-0.25, -0.2) is 0 Å². The average molecular weight is 288 g/mol. The van der Waals surface area contributed by atoms with Gasteiger partial charge in [0, 0.05) is 18.4 Å². The lowest BCUT2D eigenvalue weighted by Gasteiger charge is -2.17. The predicted octanol–water partition coefficient (Wildman–Crippen LogP) is 4.25. The second-order valence-electron chi connectivity index (χ2n) is 5.39. The molecular formula is C20H20N2. The van der Waals surface area contributed by atoms with Gasteiger partial charge in [0.25, 0.3) is 0 Å². The molecule has 1 atom stereocenters. The van der Waals surface area contributed by atoms with Crippen LogP contribution in [0.25, 0.3) is 11.1 Å². The van der Waals surface area contributed by atoms with Gasteiger partial charge in [0.15, 0.2) is 0 Å². The van der Waals surface area contributed by atoms with E-state index in [9.17, 15) is 0 Å². The van der Waals surface area contributed by atoms with Gasteiger partial charge in [-0.15, -0.1) is 0 Å². The number of hydrogen-bond donors (Lipinski definition) is 1. The summed E-state index contributed by atoms with van der Waals surface area (Å²) < 4.78 is 0. The highest BCUT2D eigenvalue weighted by molar-refractivity contribution is 5.62. The highest BCUT2D eigenvalue weighted by Gasteiger charge is 2.09. The zero-order valence-corrected chi connectivity index (χ0v) is 12.7. The highest BCUT2D eigenvalue weighted by atomic mass is 14.9. The van der Waals surface area contributed by atoms with E-state index in [-0.39, 0.29) is 0 Å². The van der Waals surface area contributed by atoms with Crippen LogP contribution >= 0.6 is 0 Å². The van der Waals surface area contributed by atoms with E-state index in [1.165, 1.54) is 16.7 Å². The summed E-state index contributed by atoms with van der Waals surface area (Å²) >= 11 is 0. The van der Waals surface area contributed by atoms with Crippen LogP contribution < -0.4 is 5.32 Å². The van der Waals surface area contributed by atoms with Crippen molar-refractivity contribution >= 4 is 0 Å². The van der Waals surface area contributed by atoms with Crippen molar-refractivity contribution in [2.75, 3.05) is 7.05 Å². The third kappa shape index (κ3) is 3.41. The van der Waals surface area contributed by atoms with Crippen molar-refractivity contribution in [3.05, 3.63) is 90.3 Å². The topological polar surface area (TPSA) is 24.9 Å². The Morgan fingerprint density at radius 2 is 1.64 bits per heavy atom. The lowest BCUT2D eigenvalue weighted by Crippen LogP contribution is -2.18. The zero-order chi connectivity index (χ0) is 15.2. The molecule has 3 rings (SSSR count). The Morgan fingerprint density at radius 1 is 0.864 bits per heavy atom. The van der Waals surface area contributed by atoms with E-state index in [4.69, 9.17) is 0 Å². The molecule has 0 fully saturated rings. The SMILES string of the molecule is CNC(Cc1ccc(-c2cccnc2)cc1)c1ccccc1. The van der Waals surface area contributed by atoms with Crippen LogP contribution in [-0.4, -0.2) is 12.0 Å². The van der Waals surface area contributed by atoms with Crippen molar-refractivity contribution in [1.82, 2.24) is 10.3 Å². The second-order valence-corrected chi connectivity index (χ2v) is 5.39. The molecule has 2 aromatic carbocycles. The molecule has 0 aliphatic carbocycles. The van der Waals surface area contributed by atoms with Gasteiger partial charge >= 0.3 is 0 Å². The van der Waals surface area contributed by atoms with Crippen molar-refractivity contribution in [3.8, 4) is 11.1 Å². The lowest BCUT2D eigenvalue weighted by molar-refractivity contribution is 0.592. The van der Waals surface area contributed by atoms with Crippen LogP contribution in [0.1, 0.15) is 17.2 Å². The molecule has 0 radical (unpaired) electrons. The maximum Gasteiger partial charge on any atom is 0.0358 e. The Labute approximate surface area is 131 Å². The number of nitrogens with one attached hydrogen (secondary N) is 1. The van der Waals surface area contributed by atoms with Gasteiger partial charge in [0.05, 0.1) is 0 Å². The summed E-state index contributed by atoms with van der Waals surface area (Å²) in [6.45, 7) is 0. The van der Waals surface area contributed by atoms with Gasteiger partial charge < -0.3 is 5.32 Å². The summed E-state index contributed by atoms with van der Waals surface area (Å²) in [5.41, 5.74) is 5.01. The third-order valence-electron chi connectivity index (χ3n) is 3.94. The summed E-state index contributed by atoms with van der Waals surface area (Å²) in [7, 11) is 2.02. The van der Waals surface area contributed by atoms with Crippen molar-refractivity contribution in [2.45, 2.75) is 12.5 Å². The monoisotopic (exact) mass is 288 g/mol. The summed E-state index contributed by atoms with van der Waals surface area (Å²) in [5.74, 6) is 0. The van der Waals surface area contributed by atoms with E-state index < -0.39 is 0 Å². The van der Waals surface area contributed by atoms with Crippen LogP contribution in [0.2, 0.25) is 0 Å². The standard InChI is InChI=1S/C20H20N2/c1-21-20(18-6-3-2-4-7-18)14-16-9-11-17(12-10-16)19-8-5-13-22-15-19/h2-13,15,20-21H,14H2,1H3. The molecule has 2 nitrogen and oxygen atoms in total. The quantitative estimate of drug-likeness (QED) is 0.759. The first-order valence-corrected chi connectivity index (χ1v) is 7.58. The van der Waals surface area contributed by atoms with E-state index in [1.54, 1.807) is 6.20 Å². The van der Waals surface area contributed by atoms with Crippen molar-refractivity contribution in [3.63, 3.8) is 0 Å². The minimum absolute atomic E-state index is 0.338. The Balaban J connectivity index is 1.76. The maximum absolute atomic E-state index is 4.17. The summed E-state index contributed by atoms with van der Waals surface area (Å²) in [5, 5.41) is 3.40. The molecule has 0 aliphatic heterocycles. The molecule has 2 heteroatoms. The zero-order valence-electron chi connectivity index (χ0n) is 12.7. The summed E-state index contributed by atoms with van der Waals surface area (Å²) in [6, 6.07) is 23.7. The first kappa shape index (κ1) is 14.5. The number of pyridine rings is 1. The van der Waals surface area contributed by atoms with Gasteiger partial charge in [0.2, 0.25) is 0 Å². The van der Waals surface area contributed by atoms with E-state index in [0.717, 1.165) is 12.0 Å². The highest BCUT2D eigenvalue weighted by Crippen LogP contribution is 2.22. The van der Waals surface area contributed by atoms with Gasteiger partial charge in [-0.2, -0.15) is 0 Å². The number of hydrogen-bond acceptors (Lipinski definition) is 2. The Bertz CT molecular complexity index is 691. The molecule has 0 aliphatic rings. The van der Waals surface area contributed by atoms with E-state index in [1.807, 2.05) is 19.3 Å². The molecular weight excluding hydrogens is 268 g/mol. The fourth-order valence-corrected chi connectivity index (χ4v) is 2.67. The fourth-order valence-electron chi connectivity index (χ4n) is 2.67. The molecule has 110 valence electrons. The Hall–Kier alpha value is -2.45. The molecule has 22 heavy (non-hydrogen) atoms. The summed E-state index contributed by atoms with van der Waals surface area (Å²) in [6.07, 6.45) is 4.68. The van der Waals surface area contributed by atoms with Crippen molar-refractivity contribution in [2.24, 2.45) is 0 Å². The van der Waals surface area contributed by atoms with Gasteiger partial charge in [-0.3, -0.25) is 4.98 Å². The normalized spacial score (nSPS) is 12.0. The minimum Gasteiger partial charge on any atom is -0.313 e. The van der Waals surface area contributed by atoms with Gasteiger partial charge in [-0.05, 0) is 41.8 Å². The molecule has 1 N–H and O–H groups in total. The summed E-state index contributed by atoms with van der Waals surface area (Å²) in [4.78, 5) is 4.17. The fraction of sp³-hybridized carbons (Fsp3) is 0.150. The third-order valence-corrected chi connectivity index (χ3v) is 3.94. The number of aromatic nitrogens is 1. The molecule has 1 heterocycles. The van der Waals surface area contributed by atoms with Crippen LogP contribution in [-0.2, 0) is 6.42 Å². The first-order valence-electron chi connectivity index (χ1n) is 7.58. The molecule has 1 unspecified atom stereocenters. The lowest BCUT2D eigenvalue weighted by atomic mass is 9.97. The van der Waals surface area contributed by atoms with Crippen LogP contribution in [0.3, 0.4) is 0 Å². The van der Waals surface area contributed by atoms with Crippen LogP contribution in [0.4, 0.5) is 0 Å². The first-order chi connectivity index (χ1) is 10.9. The molecule has 0 bridgehead atoms. The molecule has 3 aromatic rings. The number of benzene rings is 2. The molecule has 0 amide bonds. The van der Waals surface area contributed by atoms with E-state index in [0.29, 0.717) is 6.04 Å². The van der Waals surface area contributed by atoms with Gasteiger partial charge in [0.1, 0.15) is 0 Å². The van der Waals surface area contributed by atoms with E-state index in [2.05, 4.69) is 71.0 Å². The molecule has 0 spiro atoms. The second kappa shape index (κ2) is 7.01. The maximum atomic E-state index is 4.17. The minimum atomic E-state index is 0.338. The van der Waals surface area contributed by atoms with Crippen molar-refractivity contribution < 1.29 is 0 Å². The van der Waals surface area contributed by atoms with Crippen LogP contribution in [0.5, 0.6) is 0 Å². The molecule has 1 aromatic heterocycles. The van der Waals surface area contributed by atoms with Crippen LogP contribution in [0, 0.1) is 0 Å².